The van der Waals surface area contributed by atoms with E-state index in [1.807, 2.05) is 55.6 Å². The number of aromatic amines is 1. The Bertz CT molecular complexity index is 1590. The number of benzene rings is 3. The van der Waals surface area contributed by atoms with Gasteiger partial charge in [0.1, 0.15) is 0 Å². The van der Waals surface area contributed by atoms with E-state index in [9.17, 15) is 4.79 Å². The third-order valence-corrected chi connectivity index (χ3v) is 6.22. The third-order valence-electron chi connectivity index (χ3n) is 5.27. The number of imidazole rings is 1. The summed E-state index contributed by atoms with van der Waals surface area (Å²) in [6.07, 6.45) is 1.80. The molecule has 6 aromatic rings. The quantitative estimate of drug-likeness (QED) is 0.357. The van der Waals surface area contributed by atoms with Crippen LogP contribution >= 0.6 is 11.3 Å². The van der Waals surface area contributed by atoms with Crippen molar-refractivity contribution >= 4 is 66.2 Å². The number of nitrogens with one attached hydrogen (secondary N) is 3. The van der Waals surface area contributed by atoms with E-state index in [4.69, 9.17) is 0 Å². The maximum absolute atomic E-state index is 12.8. The molecule has 0 atom stereocenters. The average molecular weight is 440 g/mol. The van der Waals surface area contributed by atoms with Crippen LogP contribution in [0.25, 0.3) is 32.2 Å². The highest BCUT2D eigenvalue weighted by molar-refractivity contribution is 7.22. The van der Waals surface area contributed by atoms with Crippen LogP contribution < -0.4 is 10.6 Å². The maximum atomic E-state index is 12.8. The predicted molar refractivity (Wildman–Crippen MR) is 128 cm³/mol. The molecular weight excluding hydrogens is 422 g/mol. The highest BCUT2D eigenvalue weighted by Gasteiger charge is 2.12. The van der Waals surface area contributed by atoms with Crippen LogP contribution in [0.2, 0.25) is 0 Å². The molecule has 156 valence electrons. The van der Waals surface area contributed by atoms with Crippen molar-refractivity contribution in [3.63, 3.8) is 0 Å². The number of fused-ring (bicyclic) bond motifs is 3. The van der Waals surface area contributed by atoms with Crippen LogP contribution in [0.4, 0.5) is 16.8 Å². The number of amides is 1. The normalized spacial score (nSPS) is 11.4. The first-order valence-corrected chi connectivity index (χ1v) is 10.8. The number of carbonyl (C=O) groups is 1. The van der Waals surface area contributed by atoms with Crippen LogP contribution in [0, 0.1) is 0 Å². The van der Waals surface area contributed by atoms with E-state index in [2.05, 4.69) is 30.7 Å². The van der Waals surface area contributed by atoms with E-state index < -0.39 is 0 Å². The Morgan fingerprint density at radius 1 is 1.03 bits per heavy atom. The van der Waals surface area contributed by atoms with E-state index in [1.54, 1.807) is 34.3 Å². The summed E-state index contributed by atoms with van der Waals surface area (Å²) in [5, 5.41) is 12.2. The van der Waals surface area contributed by atoms with E-state index in [1.165, 1.54) is 0 Å². The van der Waals surface area contributed by atoms with Crippen LogP contribution in [0.15, 0.2) is 66.9 Å². The summed E-state index contributed by atoms with van der Waals surface area (Å²) in [6.45, 7) is 0. The summed E-state index contributed by atoms with van der Waals surface area (Å²) in [6, 6.07) is 19.1. The summed E-state index contributed by atoms with van der Waals surface area (Å²) in [7, 11) is 1.87. The van der Waals surface area contributed by atoms with Crippen LogP contribution in [0.5, 0.6) is 0 Å². The Morgan fingerprint density at radius 3 is 2.84 bits per heavy atom. The number of thiazole rings is 1. The van der Waals surface area contributed by atoms with Gasteiger partial charge in [0.2, 0.25) is 5.95 Å². The van der Waals surface area contributed by atoms with Crippen molar-refractivity contribution in [3.8, 4) is 0 Å². The summed E-state index contributed by atoms with van der Waals surface area (Å²) in [5.74, 6) is 0.385. The van der Waals surface area contributed by atoms with Crippen LogP contribution in [-0.4, -0.2) is 30.6 Å². The largest absolute Gasteiger partial charge is 0.324 e. The topological polar surface area (TPSA) is 101 Å². The summed E-state index contributed by atoms with van der Waals surface area (Å²) < 4.78 is 2.88. The van der Waals surface area contributed by atoms with Gasteiger partial charge < -0.3 is 15.6 Å². The number of carbonyl (C=O) groups excluding carboxylic acids is 1. The lowest BCUT2D eigenvalue weighted by molar-refractivity contribution is 0.102. The van der Waals surface area contributed by atoms with Gasteiger partial charge in [-0.15, -0.1) is 0 Å². The molecule has 3 heterocycles. The van der Waals surface area contributed by atoms with Crippen molar-refractivity contribution in [2.24, 2.45) is 7.05 Å². The molecule has 0 saturated carbocycles. The Kier molecular flexibility index (Phi) is 4.15. The minimum absolute atomic E-state index is 0.197. The Balaban J connectivity index is 1.24. The minimum Gasteiger partial charge on any atom is -0.324 e. The Hall–Kier alpha value is -4.24. The maximum Gasteiger partial charge on any atom is 0.255 e. The first-order chi connectivity index (χ1) is 15.6. The molecule has 0 radical (unpaired) electrons. The van der Waals surface area contributed by atoms with Gasteiger partial charge >= 0.3 is 0 Å². The van der Waals surface area contributed by atoms with Gasteiger partial charge in [0.05, 0.1) is 33.0 Å². The van der Waals surface area contributed by atoms with Crippen molar-refractivity contribution in [1.29, 1.82) is 0 Å². The molecule has 3 aromatic carbocycles. The van der Waals surface area contributed by atoms with Crippen molar-refractivity contribution in [1.82, 2.24) is 24.7 Å². The molecule has 3 N–H and O–H groups in total. The number of aromatic nitrogens is 5. The molecule has 0 bridgehead atoms. The second-order valence-electron chi connectivity index (χ2n) is 7.42. The summed E-state index contributed by atoms with van der Waals surface area (Å²) in [5.41, 5.74) is 4.67. The van der Waals surface area contributed by atoms with Gasteiger partial charge in [0.15, 0.2) is 5.13 Å². The number of nitrogens with zero attached hydrogens (tertiary/aromatic N) is 4. The Morgan fingerprint density at radius 2 is 1.94 bits per heavy atom. The lowest BCUT2D eigenvalue weighted by Crippen LogP contribution is -2.11. The average Bonchev–Trinajstić information content (AvgIpc) is 3.49. The lowest BCUT2D eigenvalue weighted by Gasteiger charge is -2.06. The highest BCUT2D eigenvalue weighted by Crippen LogP contribution is 2.28. The van der Waals surface area contributed by atoms with E-state index in [0.717, 1.165) is 31.8 Å². The smallest absolute Gasteiger partial charge is 0.255 e. The molecule has 9 heteroatoms. The number of hydrogen-bond acceptors (Lipinski definition) is 6. The van der Waals surface area contributed by atoms with Crippen LogP contribution in [-0.2, 0) is 7.05 Å². The number of hydrogen-bond donors (Lipinski definition) is 3. The fraction of sp³-hybridized carbons (Fsp3) is 0.0435. The SMILES string of the molecule is Cn1ncc2ccc(NC(=O)c3ccc4[nH]c(Nc5nc6ccccc6s5)nc4c3)cc21. The molecule has 0 saturated heterocycles. The van der Waals surface area contributed by atoms with Crippen LogP contribution in [0.3, 0.4) is 0 Å². The molecule has 1 amide bonds. The van der Waals surface area contributed by atoms with E-state index >= 15 is 0 Å². The number of anilines is 3. The van der Waals surface area contributed by atoms with Crippen molar-refractivity contribution in [3.05, 3.63) is 72.4 Å². The molecule has 0 aliphatic heterocycles. The van der Waals surface area contributed by atoms with Gasteiger partial charge in [-0.05, 0) is 48.5 Å². The standard InChI is InChI=1S/C23H17N7OS/c1-30-19-11-15(8-6-14(19)12-24-30)25-21(31)13-7-9-16-18(10-13)27-22(26-16)29-23-28-17-4-2-3-5-20(17)32-23/h2-12H,1H3,(H,25,31)(H2,26,27,28,29). The molecule has 0 aliphatic carbocycles. The van der Waals surface area contributed by atoms with Crippen LogP contribution in [0.1, 0.15) is 10.4 Å². The fourth-order valence-corrected chi connectivity index (χ4v) is 4.52. The van der Waals surface area contributed by atoms with Gasteiger partial charge in [-0.2, -0.15) is 5.10 Å². The molecule has 6 rings (SSSR count). The van der Waals surface area contributed by atoms with Gasteiger partial charge in [0.25, 0.3) is 5.91 Å². The van der Waals surface area contributed by atoms with Gasteiger partial charge in [-0.25, -0.2) is 9.97 Å². The first kappa shape index (κ1) is 18.5. The van der Waals surface area contributed by atoms with Gasteiger partial charge in [0, 0.05) is 23.7 Å². The number of aryl methyl sites for hydroxylation is 1. The molecule has 0 unspecified atom stereocenters. The zero-order chi connectivity index (χ0) is 21.7. The molecule has 8 nitrogen and oxygen atoms in total. The molecular formula is C23H17N7OS. The van der Waals surface area contributed by atoms with E-state index in [-0.39, 0.29) is 5.91 Å². The Labute approximate surface area is 185 Å². The number of H-pyrrole nitrogens is 1. The zero-order valence-corrected chi connectivity index (χ0v) is 17.8. The van der Waals surface area contributed by atoms with Crippen molar-refractivity contribution in [2.75, 3.05) is 10.6 Å². The van der Waals surface area contributed by atoms with Gasteiger partial charge in [-0.3, -0.25) is 9.48 Å². The molecule has 0 aliphatic rings. The van der Waals surface area contributed by atoms with E-state index in [0.29, 0.717) is 22.7 Å². The highest BCUT2D eigenvalue weighted by atomic mass is 32.1. The first-order valence-electron chi connectivity index (χ1n) is 9.98. The number of para-hydroxylation sites is 1. The number of rotatable bonds is 4. The lowest BCUT2D eigenvalue weighted by atomic mass is 10.1. The second-order valence-corrected chi connectivity index (χ2v) is 8.46. The molecule has 3 aromatic heterocycles. The monoisotopic (exact) mass is 439 g/mol. The summed E-state index contributed by atoms with van der Waals surface area (Å²) >= 11 is 1.56. The van der Waals surface area contributed by atoms with Crippen molar-refractivity contribution < 1.29 is 4.79 Å². The predicted octanol–water partition coefficient (Wildman–Crippen LogP) is 5.06. The molecule has 0 fully saturated rings. The van der Waals surface area contributed by atoms with Gasteiger partial charge in [-0.1, -0.05) is 23.5 Å². The second kappa shape index (κ2) is 7.17. The molecule has 0 spiro atoms. The van der Waals surface area contributed by atoms with Crippen molar-refractivity contribution in [2.45, 2.75) is 0 Å². The molecule has 32 heavy (non-hydrogen) atoms. The minimum atomic E-state index is -0.197. The summed E-state index contributed by atoms with van der Waals surface area (Å²) in [4.78, 5) is 25.2. The third kappa shape index (κ3) is 3.25. The fourth-order valence-electron chi connectivity index (χ4n) is 3.66. The zero-order valence-electron chi connectivity index (χ0n) is 17.0.